The molecule has 132 valence electrons. The Morgan fingerprint density at radius 2 is 1.67 bits per heavy atom. The van der Waals surface area contributed by atoms with Crippen molar-refractivity contribution in [2.24, 2.45) is 5.10 Å². The van der Waals surface area contributed by atoms with Crippen molar-refractivity contribution in [1.82, 2.24) is 9.66 Å². The lowest BCUT2D eigenvalue weighted by Gasteiger charge is -2.10. The van der Waals surface area contributed by atoms with Gasteiger partial charge in [-0.25, -0.2) is 4.98 Å². The third-order valence-corrected chi connectivity index (χ3v) is 4.60. The number of nitrogens with zero attached hydrogens (tertiary/aromatic N) is 3. The van der Waals surface area contributed by atoms with Gasteiger partial charge in [0.2, 0.25) is 0 Å². The summed E-state index contributed by atoms with van der Waals surface area (Å²) in [5.74, 6) is 0.410. The molecule has 0 spiro atoms. The van der Waals surface area contributed by atoms with Crippen molar-refractivity contribution in [3.8, 4) is 11.4 Å². The maximum Gasteiger partial charge on any atom is 0.282 e. The number of benzene rings is 3. The minimum atomic E-state index is -0.237. The maximum atomic E-state index is 13.1. The monoisotopic (exact) mass is 373 g/mol. The number of halogens is 1. The Kier molecular flexibility index (Phi) is 4.57. The molecule has 5 heteroatoms. The SMILES string of the molecule is Cc1ccc(C=Nn2c(-c3ccccc3Cl)nc3ccccc3c2=O)cc1. The van der Waals surface area contributed by atoms with Crippen LogP contribution in [0, 0.1) is 6.92 Å². The van der Waals surface area contributed by atoms with Crippen LogP contribution in [0.25, 0.3) is 22.3 Å². The number of para-hydroxylation sites is 1. The van der Waals surface area contributed by atoms with E-state index in [1.165, 1.54) is 4.68 Å². The molecule has 27 heavy (non-hydrogen) atoms. The van der Waals surface area contributed by atoms with E-state index in [1.54, 1.807) is 18.3 Å². The highest BCUT2D eigenvalue weighted by atomic mass is 35.5. The zero-order valence-corrected chi connectivity index (χ0v) is 15.4. The first-order valence-electron chi connectivity index (χ1n) is 8.51. The summed E-state index contributed by atoms with van der Waals surface area (Å²) in [5, 5.41) is 5.45. The number of fused-ring (bicyclic) bond motifs is 1. The summed E-state index contributed by atoms with van der Waals surface area (Å²) in [5.41, 5.74) is 3.08. The van der Waals surface area contributed by atoms with E-state index < -0.39 is 0 Å². The van der Waals surface area contributed by atoms with Crippen molar-refractivity contribution >= 4 is 28.7 Å². The highest BCUT2D eigenvalue weighted by Crippen LogP contribution is 2.26. The van der Waals surface area contributed by atoms with Gasteiger partial charge in [-0.05, 0) is 36.8 Å². The van der Waals surface area contributed by atoms with Gasteiger partial charge in [-0.3, -0.25) is 4.79 Å². The molecule has 0 atom stereocenters. The molecule has 0 bridgehead atoms. The molecular formula is C22H16ClN3O. The van der Waals surface area contributed by atoms with Crippen LogP contribution in [0.1, 0.15) is 11.1 Å². The largest absolute Gasteiger partial charge is 0.282 e. The second-order valence-corrected chi connectivity index (χ2v) is 6.61. The summed E-state index contributed by atoms with van der Waals surface area (Å²) in [7, 11) is 0. The van der Waals surface area contributed by atoms with Gasteiger partial charge in [-0.15, -0.1) is 0 Å². The third kappa shape index (κ3) is 3.39. The van der Waals surface area contributed by atoms with Gasteiger partial charge in [-0.2, -0.15) is 9.78 Å². The van der Waals surface area contributed by atoms with Crippen LogP contribution in [0.2, 0.25) is 5.02 Å². The summed E-state index contributed by atoms with van der Waals surface area (Å²) in [6.07, 6.45) is 1.65. The Hall–Kier alpha value is -3.24. The number of aryl methyl sites for hydroxylation is 1. The molecule has 0 unspecified atom stereocenters. The first-order valence-corrected chi connectivity index (χ1v) is 8.89. The quantitative estimate of drug-likeness (QED) is 0.479. The second kappa shape index (κ2) is 7.17. The van der Waals surface area contributed by atoms with E-state index in [-0.39, 0.29) is 5.56 Å². The number of hydrogen-bond donors (Lipinski definition) is 0. The predicted octanol–water partition coefficient (Wildman–Crippen LogP) is 4.91. The third-order valence-electron chi connectivity index (χ3n) is 4.27. The fourth-order valence-corrected chi connectivity index (χ4v) is 3.04. The molecule has 0 saturated heterocycles. The fourth-order valence-electron chi connectivity index (χ4n) is 2.82. The van der Waals surface area contributed by atoms with E-state index in [4.69, 9.17) is 11.6 Å². The number of rotatable bonds is 3. The molecule has 1 heterocycles. The molecule has 0 saturated carbocycles. The van der Waals surface area contributed by atoms with Gasteiger partial charge in [0, 0.05) is 5.56 Å². The van der Waals surface area contributed by atoms with Crippen LogP contribution in [0.3, 0.4) is 0 Å². The summed E-state index contributed by atoms with van der Waals surface area (Å²) < 4.78 is 1.31. The van der Waals surface area contributed by atoms with Crippen molar-refractivity contribution in [3.63, 3.8) is 0 Å². The van der Waals surface area contributed by atoms with Gasteiger partial charge >= 0.3 is 0 Å². The molecule has 0 N–H and O–H groups in total. The summed E-state index contributed by atoms with van der Waals surface area (Å²) >= 11 is 6.36. The molecule has 4 aromatic rings. The number of aromatic nitrogens is 2. The average molecular weight is 374 g/mol. The highest BCUT2D eigenvalue weighted by Gasteiger charge is 2.14. The molecule has 0 fully saturated rings. The maximum absolute atomic E-state index is 13.1. The summed E-state index contributed by atoms with van der Waals surface area (Å²) in [4.78, 5) is 17.7. The van der Waals surface area contributed by atoms with Crippen molar-refractivity contribution in [2.45, 2.75) is 6.92 Å². The predicted molar refractivity (Wildman–Crippen MR) is 111 cm³/mol. The van der Waals surface area contributed by atoms with Crippen molar-refractivity contribution in [1.29, 1.82) is 0 Å². The smallest absolute Gasteiger partial charge is 0.267 e. The second-order valence-electron chi connectivity index (χ2n) is 6.20. The van der Waals surface area contributed by atoms with E-state index in [2.05, 4.69) is 10.1 Å². The minimum absolute atomic E-state index is 0.237. The average Bonchev–Trinajstić information content (AvgIpc) is 2.69. The van der Waals surface area contributed by atoms with E-state index in [0.29, 0.717) is 27.3 Å². The lowest BCUT2D eigenvalue weighted by Crippen LogP contribution is -2.20. The van der Waals surface area contributed by atoms with Gasteiger partial charge in [0.1, 0.15) is 0 Å². The molecule has 0 aliphatic heterocycles. The molecule has 4 rings (SSSR count). The molecule has 0 aliphatic rings. The molecule has 3 aromatic carbocycles. The minimum Gasteiger partial charge on any atom is -0.267 e. The van der Waals surface area contributed by atoms with E-state index in [0.717, 1.165) is 11.1 Å². The van der Waals surface area contributed by atoms with Crippen LogP contribution < -0.4 is 5.56 Å². The highest BCUT2D eigenvalue weighted by molar-refractivity contribution is 6.33. The van der Waals surface area contributed by atoms with Gasteiger partial charge in [0.15, 0.2) is 5.82 Å². The normalized spacial score (nSPS) is 11.3. The molecule has 4 nitrogen and oxygen atoms in total. The van der Waals surface area contributed by atoms with Crippen LogP contribution in [0.4, 0.5) is 0 Å². The van der Waals surface area contributed by atoms with E-state index in [9.17, 15) is 4.79 Å². The van der Waals surface area contributed by atoms with Crippen molar-refractivity contribution < 1.29 is 0 Å². The van der Waals surface area contributed by atoms with Crippen LogP contribution in [0.5, 0.6) is 0 Å². The Morgan fingerprint density at radius 1 is 0.963 bits per heavy atom. The zero-order valence-electron chi connectivity index (χ0n) is 14.6. The summed E-state index contributed by atoms with van der Waals surface area (Å²) in [6.45, 7) is 2.02. The van der Waals surface area contributed by atoms with Crippen LogP contribution in [0.15, 0.2) is 82.7 Å². The van der Waals surface area contributed by atoms with E-state index in [1.807, 2.05) is 67.6 Å². The Balaban J connectivity index is 1.95. The fraction of sp³-hybridized carbons (Fsp3) is 0.0455. The Bertz CT molecular complexity index is 1210. The van der Waals surface area contributed by atoms with Crippen LogP contribution in [-0.4, -0.2) is 15.9 Å². The van der Waals surface area contributed by atoms with Gasteiger partial charge in [0.25, 0.3) is 5.56 Å². The Labute approximate surface area is 161 Å². The molecule has 0 amide bonds. The Morgan fingerprint density at radius 3 is 2.44 bits per heavy atom. The van der Waals surface area contributed by atoms with Crippen molar-refractivity contribution in [3.05, 3.63) is 99.3 Å². The van der Waals surface area contributed by atoms with Crippen LogP contribution >= 0.6 is 11.6 Å². The topological polar surface area (TPSA) is 47.2 Å². The van der Waals surface area contributed by atoms with Gasteiger partial charge < -0.3 is 0 Å². The van der Waals surface area contributed by atoms with Crippen LogP contribution in [-0.2, 0) is 0 Å². The standard InChI is InChI=1S/C22H16ClN3O/c1-15-10-12-16(13-11-15)14-24-26-21(17-6-2-4-8-19(17)23)25-20-9-5-3-7-18(20)22(26)27/h2-14H,1H3. The molecule has 1 aromatic heterocycles. The van der Waals surface area contributed by atoms with E-state index >= 15 is 0 Å². The van der Waals surface area contributed by atoms with Gasteiger partial charge in [-0.1, -0.05) is 65.7 Å². The number of hydrogen-bond acceptors (Lipinski definition) is 3. The summed E-state index contributed by atoms with van der Waals surface area (Å²) in [6, 6.07) is 22.4. The lowest BCUT2D eigenvalue weighted by atomic mass is 10.2. The first kappa shape index (κ1) is 17.2. The molecular weight excluding hydrogens is 358 g/mol. The first-order chi connectivity index (χ1) is 13.1. The van der Waals surface area contributed by atoms with Crippen molar-refractivity contribution in [2.75, 3.05) is 0 Å². The molecule has 0 radical (unpaired) electrons. The molecule has 0 aliphatic carbocycles. The zero-order chi connectivity index (χ0) is 18.8. The lowest BCUT2D eigenvalue weighted by molar-refractivity contribution is 0.830. The van der Waals surface area contributed by atoms with Gasteiger partial charge in [0.05, 0.1) is 22.1 Å².